The van der Waals surface area contributed by atoms with Gasteiger partial charge in [-0.25, -0.2) is 9.78 Å². The number of carbonyl (C=O) groups excluding carboxylic acids is 2. The van der Waals surface area contributed by atoms with Crippen molar-refractivity contribution in [3.8, 4) is 5.75 Å². The molecule has 0 aliphatic heterocycles. The number of benzene rings is 2. The minimum atomic E-state index is -0.370. The zero-order chi connectivity index (χ0) is 32.8. The molecule has 1 unspecified atom stereocenters. The number of rotatable bonds is 16. The predicted octanol–water partition coefficient (Wildman–Crippen LogP) is 8.54. The molecule has 1 aromatic heterocycles. The molecule has 2 aromatic carbocycles. The highest BCUT2D eigenvalue weighted by molar-refractivity contribution is 5.87. The molecule has 0 amide bonds. The van der Waals surface area contributed by atoms with Gasteiger partial charge >= 0.3 is 11.9 Å². The molecule has 2 aliphatic rings. The van der Waals surface area contributed by atoms with E-state index in [1.54, 1.807) is 6.07 Å². The van der Waals surface area contributed by atoms with Crippen LogP contribution in [0.25, 0.3) is 0 Å². The van der Waals surface area contributed by atoms with E-state index in [2.05, 4.69) is 53.4 Å². The fourth-order valence-electron chi connectivity index (χ4n) is 7.17. The van der Waals surface area contributed by atoms with Crippen molar-refractivity contribution in [2.75, 3.05) is 26.3 Å². The largest absolute Gasteiger partial charge is 0.489 e. The number of hydrogen-bond donors (Lipinski definition) is 0. The van der Waals surface area contributed by atoms with Crippen LogP contribution in [-0.2, 0) is 33.7 Å². The summed E-state index contributed by atoms with van der Waals surface area (Å²) in [7, 11) is 0. The Bertz CT molecular complexity index is 1430. The zero-order valence-corrected chi connectivity index (χ0v) is 28.4. The van der Waals surface area contributed by atoms with E-state index in [1.165, 1.54) is 54.4 Å². The first-order valence-electron chi connectivity index (χ1n) is 17.9. The van der Waals surface area contributed by atoms with Gasteiger partial charge in [-0.1, -0.05) is 67.8 Å². The van der Waals surface area contributed by atoms with Crippen LogP contribution in [0.5, 0.6) is 5.75 Å². The molecule has 0 radical (unpaired) electrons. The Morgan fingerprint density at radius 3 is 2.40 bits per heavy atom. The molecular weight excluding hydrogens is 588 g/mol. The highest BCUT2D eigenvalue weighted by Crippen LogP contribution is 2.35. The third-order valence-corrected chi connectivity index (χ3v) is 9.66. The van der Waals surface area contributed by atoms with E-state index in [0.29, 0.717) is 37.9 Å². The summed E-state index contributed by atoms with van der Waals surface area (Å²) in [5.74, 6) is 1.13. The van der Waals surface area contributed by atoms with Crippen LogP contribution >= 0.6 is 0 Å². The molecule has 7 heteroatoms. The van der Waals surface area contributed by atoms with E-state index in [-0.39, 0.29) is 18.0 Å². The lowest BCUT2D eigenvalue weighted by Gasteiger charge is -2.36. The van der Waals surface area contributed by atoms with Crippen LogP contribution in [0.15, 0.2) is 60.7 Å². The number of esters is 2. The number of aromatic nitrogens is 1. The maximum absolute atomic E-state index is 12.4. The molecule has 252 valence electrons. The third-order valence-electron chi connectivity index (χ3n) is 9.66. The van der Waals surface area contributed by atoms with Gasteiger partial charge < -0.3 is 14.2 Å². The van der Waals surface area contributed by atoms with Crippen LogP contribution in [-0.4, -0.2) is 48.1 Å². The number of hydrogen-bond acceptors (Lipinski definition) is 7. The van der Waals surface area contributed by atoms with Gasteiger partial charge in [0.05, 0.1) is 13.2 Å². The molecular formula is C40H52N2O5. The van der Waals surface area contributed by atoms with Crippen molar-refractivity contribution in [1.29, 1.82) is 0 Å². The van der Waals surface area contributed by atoms with Crippen molar-refractivity contribution in [2.24, 2.45) is 0 Å². The average molecular weight is 641 g/mol. The molecule has 1 heterocycles. The summed E-state index contributed by atoms with van der Waals surface area (Å²) >= 11 is 0. The molecule has 1 fully saturated rings. The van der Waals surface area contributed by atoms with E-state index in [1.807, 2.05) is 19.9 Å². The lowest BCUT2D eigenvalue weighted by Crippen LogP contribution is -2.34. The molecule has 1 atom stereocenters. The second kappa shape index (κ2) is 18.0. The number of fused-ring (bicyclic) bond motifs is 1. The molecule has 0 spiro atoms. The first kappa shape index (κ1) is 34.6. The average Bonchev–Trinajstić information content (AvgIpc) is 3.11. The predicted molar refractivity (Wildman–Crippen MR) is 185 cm³/mol. The number of carbonyl (C=O) groups is 2. The Morgan fingerprint density at radius 2 is 1.62 bits per heavy atom. The van der Waals surface area contributed by atoms with Crippen LogP contribution < -0.4 is 4.74 Å². The lowest BCUT2D eigenvalue weighted by molar-refractivity contribution is -0.143. The van der Waals surface area contributed by atoms with Crippen LogP contribution in [0, 0.1) is 0 Å². The number of pyridine rings is 1. The second-order valence-corrected chi connectivity index (χ2v) is 12.9. The standard InChI is InChI=1S/C40H52N2O5/c1-3-45-39(43)19-10-11-27-42(37-17-12-16-35-34(37)24-25-36(41-35)40(44)46-4-2)28-26-33-15-8-9-18-38(33)47-29-30-20-22-32(23-21-30)31-13-6-5-7-14-31/h8-9,15,18,20-25,31,37H,3-7,10-14,16-17,19,26-29H2,1-2H3. The lowest BCUT2D eigenvalue weighted by atomic mass is 9.84. The molecule has 3 aromatic rings. The summed E-state index contributed by atoms with van der Waals surface area (Å²) in [6.07, 6.45) is 12.5. The quantitative estimate of drug-likeness (QED) is 0.115. The van der Waals surface area contributed by atoms with Gasteiger partial charge in [-0.15, -0.1) is 0 Å². The SMILES string of the molecule is CCOC(=O)CCCCN(CCc1ccccc1OCc1ccc(C2CCCCC2)cc1)C1CCCc2nc(C(=O)OCC)ccc21. The van der Waals surface area contributed by atoms with E-state index in [9.17, 15) is 9.59 Å². The maximum Gasteiger partial charge on any atom is 0.356 e. The highest BCUT2D eigenvalue weighted by atomic mass is 16.5. The van der Waals surface area contributed by atoms with E-state index >= 15 is 0 Å². The Balaban J connectivity index is 1.26. The summed E-state index contributed by atoms with van der Waals surface area (Å²) < 4.78 is 16.8. The highest BCUT2D eigenvalue weighted by Gasteiger charge is 2.28. The molecule has 5 rings (SSSR count). The van der Waals surface area contributed by atoms with Crippen molar-refractivity contribution >= 4 is 11.9 Å². The molecule has 47 heavy (non-hydrogen) atoms. The van der Waals surface area contributed by atoms with Gasteiger partial charge in [0.15, 0.2) is 0 Å². The van der Waals surface area contributed by atoms with Crippen LogP contribution in [0.2, 0.25) is 0 Å². The number of aryl methyl sites for hydroxylation is 1. The van der Waals surface area contributed by atoms with Gasteiger partial charge in [0.2, 0.25) is 0 Å². The zero-order valence-electron chi connectivity index (χ0n) is 28.4. The summed E-state index contributed by atoms with van der Waals surface area (Å²) in [6.45, 7) is 6.65. The van der Waals surface area contributed by atoms with Crippen LogP contribution in [0.3, 0.4) is 0 Å². The number of ether oxygens (including phenoxy) is 3. The van der Waals surface area contributed by atoms with Crippen LogP contribution in [0.4, 0.5) is 0 Å². The van der Waals surface area contributed by atoms with Crippen molar-refractivity contribution in [3.63, 3.8) is 0 Å². The van der Waals surface area contributed by atoms with E-state index in [4.69, 9.17) is 19.2 Å². The molecule has 0 N–H and O–H groups in total. The Kier molecular flexibility index (Phi) is 13.3. The normalized spacial score (nSPS) is 16.4. The van der Waals surface area contributed by atoms with Crippen molar-refractivity contribution < 1.29 is 23.8 Å². The fraction of sp³-hybridized carbons (Fsp3) is 0.525. The first-order chi connectivity index (χ1) is 23.1. The number of nitrogens with zero attached hydrogens (tertiary/aromatic N) is 2. The summed E-state index contributed by atoms with van der Waals surface area (Å²) in [4.78, 5) is 31.7. The van der Waals surface area contributed by atoms with Gasteiger partial charge in [0.1, 0.15) is 18.1 Å². The van der Waals surface area contributed by atoms with E-state index < -0.39 is 0 Å². The fourth-order valence-corrected chi connectivity index (χ4v) is 7.17. The van der Waals surface area contributed by atoms with Gasteiger partial charge in [-0.3, -0.25) is 9.69 Å². The number of unbranched alkanes of at least 4 members (excludes halogenated alkanes) is 1. The summed E-state index contributed by atoms with van der Waals surface area (Å²) in [6, 6.07) is 21.5. The molecule has 7 nitrogen and oxygen atoms in total. The summed E-state index contributed by atoms with van der Waals surface area (Å²) in [5, 5.41) is 0. The Morgan fingerprint density at radius 1 is 0.830 bits per heavy atom. The topological polar surface area (TPSA) is 78.0 Å². The van der Waals surface area contributed by atoms with Gasteiger partial charge in [0.25, 0.3) is 0 Å². The van der Waals surface area contributed by atoms with Crippen LogP contribution in [0.1, 0.15) is 128 Å². The monoisotopic (exact) mass is 640 g/mol. The Hall–Kier alpha value is -3.71. The van der Waals surface area contributed by atoms with Gasteiger partial charge in [0, 0.05) is 24.7 Å². The van der Waals surface area contributed by atoms with Gasteiger partial charge in [-0.05, 0) is 112 Å². The second-order valence-electron chi connectivity index (χ2n) is 12.9. The molecule has 0 bridgehead atoms. The van der Waals surface area contributed by atoms with Crippen molar-refractivity contribution in [1.82, 2.24) is 9.88 Å². The van der Waals surface area contributed by atoms with Crippen molar-refractivity contribution in [2.45, 2.75) is 109 Å². The summed E-state index contributed by atoms with van der Waals surface area (Å²) in [5.41, 5.74) is 6.40. The first-order valence-corrected chi connectivity index (χ1v) is 17.9. The molecule has 0 saturated heterocycles. The minimum absolute atomic E-state index is 0.132. The Labute approximate surface area is 281 Å². The molecule has 2 aliphatic carbocycles. The third kappa shape index (κ3) is 9.90. The smallest absolute Gasteiger partial charge is 0.356 e. The van der Waals surface area contributed by atoms with Gasteiger partial charge in [-0.2, -0.15) is 0 Å². The minimum Gasteiger partial charge on any atom is -0.489 e. The van der Waals surface area contributed by atoms with Crippen molar-refractivity contribution in [3.05, 3.63) is 94.3 Å². The van der Waals surface area contributed by atoms with E-state index in [0.717, 1.165) is 63.1 Å². The molecule has 1 saturated carbocycles. The maximum atomic E-state index is 12.4. The number of para-hydroxylation sites is 1.